The quantitative estimate of drug-likeness (QED) is 0.0204. The maximum atomic E-state index is 13.3. The molecular formula is C69H125NO13. The number of allylic oxidation sites excluding steroid dienone is 9. The largest absolute Gasteiger partial charge is 0.394 e. The van der Waals surface area contributed by atoms with E-state index in [4.69, 9.17) is 18.9 Å². The summed E-state index contributed by atoms with van der Waals surface area (Å²) in [6.07, 6.45) is 54.2. The molecule has 0 saturated carbocycles. The number of ether oxygens (including phenoxy) is 4. The van der Waals surface area contributed by atoms with Gasteiger partial charge in [-0.05, 0) is 57.8 Å². The SMILES string of the molecule is CC/C=C\C/C=C\C/C=C\C/C=C\CCCCCCCCC(=O)NC(COC1OC(CO)C(OC2OC(CO)C(O)C(O)C2O)C(O)C1O)C(O)/C=C/CCCCCCCCCCCCCCCCCCCCCCCCCCCCCC. The summed E-state index contributed by atoms with van der Waals surface area (Å²) in [6, 6.07) is -0.926. The molecule has 12 atom stereocenters. The van der Waals surface area contributed by atoms with Crippen LogP contribution in [0.15, 0.2) is 60.8 Å². The number of aliphatic hydroxyl groups is 8. The van der Waals surface area contributed by atoms with Crippen molar-refractivity contribution < 1.29 is 64.6 Å². The highest BCUT2D eigenvalue weighted by atomic mass is 16.7. The van der Waals surface area contributed by atoms with Crippen molar-refractivity contribution in [2.75, 3.05) is 19.8 Å². The molecule has 2 heterocycles. The molecule has 2 saturated heterocycles. The Labute approximate surface area is 505 Å². The summed E-state index contributed by atoms with van der Waals surface area (Å²) in [7, 11) is 0. The van der Waals surface area contributed by atoms with Gasteiger partial charge in [-0.25, -0.2) is 0 Å². The first-order chi connectivity index (χ1) is 40.6. The average molecular weight is 1180 g/mol. The second kappa shape index (κ2) is 53.9. The molecule has 2 rings (SSSR count). The molecule has 0 bridgehead atoms. The number of aliphatic hydroxyl groups excluding tert-OH is 8. The van der Waals surface area contributed by atoms with Gasteiger partial charge in [-0.3, -0.25) is 4.79 Å². The molecule has 14 nitrogen and oxygen atoms in total. The molecule has 9 N–H and O–H groups in total. The molecule has 14 heteroatoms. The van der Waals surface area contributed by atoms with Gasteiger partial charge < -0.3 is 65.1 Å². The lowest BCUT2D eigenvalue weighted by Crippen LogP contribution is -2.65. The van der Waals surface area contributed by atoms with Crippen molar-refractivity contribution >= 4 is 5.91 Å². The first kappa shape index (κ1) is 76.8. The fraction of sp³-hybridized carbons (Fsp3) is 0.841. The first-order valence-electron chi connectivity index (χ1n) is 34.0. The summed E-state index contributed by atoms with van der Waals surface area (Å²) in [4.78, 5) is 13.3. The number of rotatable bonds is 55. The number of unbranched alkanes of at least 4 members (excludes halogenated alkanes) is 34. The fourth-order valence-corrected chi connectivity index (χ4v) is 11.0. The second-order valence-electron chi connectivity index (χ2n) is 23.9. The van der Waals surface area contributed by atoms with Gasteiger partial charge in [-0.1, -0.05) is 274 Å². The lowest BCUT2D eigenvalue weighted by Gasteiger charge is -2.46. The molecule has 2 fully saturated rings. The standard InChI is InChI=1S/C69H125NO13/c1-3-5-7-9-11-13-15-17-19-21-23-24-25-26-27-28-29-30-31-32-33-35-36-38-40-42-44-46-48-50-52-58(73)57(70-61(74)53-51-49-47-45-43-41-39-37-34-22-20-18-16-14-12-10-8-6-4-2)56-80-68-66(79)64(77)67(60(55-72)82-68)83-69-65(78)63(76)62(75)59(54-71)81-69/h6,8,12,14,18,20,34,37,50,52,57-60,62-69,71-73,75-79H,3-5,7,9-11,13,15-17,19,21-33,35-36,38-49,51,53-56H2,1-2H3,(H,70,74)/b8-6-,14-12-,20-18-,37-34-,52-50+. The zero-order valence-electron chi connectivity index (χ0n) is 52.4. The third-order valence-corrected chi connectivity index (χ3v) is 16.5. The summed E-state index contributed by atoms with van der Waals surface area (Å²) in [5.74, 6) is -0.252. The van der Waals surface area contributed by atoms with Crippen LogP contribution in [0.4, 0.5) is 0 Å². The Morgan fingerprint density at radius 2 is 0.831 bits per heavy atom. The van der Waals surface area contributed by atoms with Crippen molar-refractivity contribution in [2.24, 2.45) is 0 Å². The predicted molar refractivity (Wildman–Crippen MR) is 337 cm³/mol. The molecule has 0 aromatic rings. The van der Waals surface area contributed by atoms with Crippen molar-refractivity contribution in [1.82, 2.24) is 5.32 Å². The number of amides is 1. The summed E-state index contributed by atoms with van der Waals surface area (Å²) in [5, 5.41) is 87.3. The maximum Gasteiger partial charge on any atom is 0.220 e. The van der Waals surface area contributed by atoms with Gasteiger partial charge in [0.05, 0.1) is 32.0 Å². The molecule has 0 radical (unpaired) electrons. The highest BCUT2D eigenvalue weighted by molar-refractivity contribution is 5.76. The molecule has 0 aliphatic carbocycles. The Balaban J connectivity index is 1.69. The number of carbonyl (C=O) groups excluding carboxylic acids is 1. The lowest BCUT2D eigenvalue weighted by molar-refractivity contribution is -0.359. The van der Waals surface area contributed by atoms with Gasteiger partial charge >= 0.3 is 0 Å². The van der Waals surface area contributed by atoms with Gasteiger partial charge in [-0.2, -0.15) is 0 Å². The molecular weight excluding hydrogens is 1050 g/mol. The van der Waals surface area contributed by atoms with Gasteiger partial charge in [0, 0.05) is 6.42 Å². The minimum atomic E-state index is -1.79. The molecule has 0 spiro atoms. The molecule has 0 aromatic carbocycles. The van der Waals surface area contributed by atoms with Gasteiger partial charge in [0.25, 0.3) is 0 Å². The van der Waals surface area contributed by atoms with E-state index in [0.29, 0.717) is 6.42 Å². The monoisotopic (exact) mass is 1180 g/mol. The smallest absolute Gasteiger partial charge is 0.220 e. The summed E-state index contributed by atoms with van der Waals surface area (Å²) in [6.45, 7) is 2.70. The minimum absolute atomic E-state index is 0.252. The Kier molecular flexibility index (Phi) is 49.9. The molecule has 1 amide bonds. The van der Waals surface area contributed by atoms with E-state index in [9.17, 15) is 45.6 Å². The van der Waals surface area contributed by atoms with Crippen LogP contribution in [0, 0.1) is 0 Å². The summed E-state index contributed by atoms with van der Waals surface area (Å²) < 4.78 is 22.8. The topological polar surface area (TPSA) is 228 Å². The van der Waals surface area contributed by atoms with Crippen LogP contribution in [0.3, 0.4) is 0 Å². The van der Waals surface area contributed by atoms with Crippen molar-refractivity contribution in [3.8, 4) is 0 Å². The molecule has 0 aromatic heterocycles. The van der Waals surface area contributed by atoms with Gasteiger partial charge in [-0.15, -0.1) is 0 Å². The zero-order valence-corrected chi connectivity index (χ0v) is 52.4. The fourth-order valence-electron chi connectivity index (χ4n) is 11.0. The van der Waals surface area contributed by atoms with Crippen molar-refractivity contribution in [3.63, 3.8) is 0 Å². The van der Waals surface area contributed by atoms with Crippen LogP contribution in [0.1, 0.15) is 277 Å². The van der Waals surface area contributed by atoms with Crippen LogP contribution < -0.4 is 5.32 Å². The van der Waals surface area contributed by atoms with E-state index in [-0.39, 0.29) is 18.9 Å². The van der Waals surface area contributed by atoms with E-state index in [2.05, 4.69) is 67.8 Å². The van der Waals surface area contributed by atoms with Crippen LogP contribution in [0.2, 0.25) is 0 Å². The third kappa shape index (κ3) is 38.6. The molecule has 2 aliphatic heterocycles. The molecule has 12 unspecified atom stereocenters. The van der Waals surface area contributed by atoms with Crippen molar-refractivity contribution in [3.05, 3.63) is 60.8 Å². The second-order valence-corrected chi connectivity index (χ2v) is 23.9. The third-order valence-electron chi connectivity index (χ3n) is 16.5. The molecule has 83 heavy (non-hydrogen) atoms. The zero-order chi connectivity index (χ0) is 60.2. The normalized spacial score (nSPS) is 24.2. The van der Waals surface area contributed by atoms with E-state index in [1.165, 1.54) is 167 Å². The average Bonchev–Trinajstić information content (AvgIpc) is 3.64. The van der Waals surface area contributed by atoms with E-state index in [1.54, 1.807) is 6.08 Å². The van der Waals surface area contributed by atoms with Crippen LogP contribution in [0.25, 0.3) is 0 Å². The highest BCUT2D eigenvalue weighted by Gasteiger charge is 2.51. The van der Waals surface area contributed by atoms with Crippen LogP contribution in [-0.2, 0) is 23.7 Å². The van der Waals surface area contributed by atoms with E-state index >= 15 is 0 Å². The Bertz CT molecular complexity index is 1620. The van der Waals surface area contributed by atoms with Gasteiger partial charge in [0.2, 0.25) is 5.91 Å². The van der Waals surface area contributed by atoms with Gasteiger partial charge in [0.15, 0.2) is 12.6 Å². The van der Waals surface area contributed by atoms with E-state index in [0.717, 1.165) is 83.5 Å². The van der Waals surface area contributed by atoms with Crippen molar-refractivity contribution in [2.45, 2.75) is 351 Å². The first-order valence-corrected chi connectivity index (χ1v) is 34.0. The Hall–Kier alpha value is -2.31. The van der Waals surface area contributed by atoms with Crippen molar-refractivity contribution in [1.29, 1.82) is 0 Å². The number of nitrogens with one attached hydrogen (secondary N) is 1. The summed E-state index contributed by atoms with van der Waals surface area (Å²) >= 11 is 0. The molecule has 484 valence electrons. The predicted octanol–water partition coefficient (Wildman–Crippen LogP) is 13.3. The summed E-state index contributed by atoms with van der Waals surface area (Å²) in [5.41, 5.74) is 0. The highest BCUT2D eigenvalue weighted by Crippen LogP contribution is 2.30. The van der Waals surface area contributed by atoms with Crippen LogP contribution in [-0.4, -0.2) is 140 Å². The molecule has 2 aliphatic rings. The lowest BCUT2D eigenvalue weighted by atomic mass is 9.97. The van der Waals surface area contributed by atoms with E-state index in [1.807, 2.05) is 6.08 Å². The Morgan fingerprint density at radius 3 is 1.28 bits per heavy atom. The van der Waals surface area contributed by atoms with Gasteiger partial charge in [0.1, 0.15) is 48.8 Å². The number of hydrogen-bond donors (Lipinski definition) is 9. The van der Waals surface area contributed by atoms with Crippen LogP contribution in [0.5, 0.6) is 0 Å². The Morgan fingerprint density at radius 1 is 0.446 bits per heavy atom. The maximum absolute atomic E-state index is 13.3. The van der Waals surface area contributed by atoms with Crippen LogP contribution >= 0.6 is 0 Å². The minimum Gasteiger partial charge on any atom is -0.394 e. The number of carbonyl (C=O) groups is 1. The number of hydrogen-bond acceptors (Lipinski definition) is 13. The van der Waals surface area contributed by atoms with E-state index < -0.39 is 86.8 Å².